The first-order valence-corrected chi connectivity index (χ1v) is 8.71. The van der Waals surface area contributed by atoms with Crippen molar-refractivity contribution in [2.45, 2.75) is 6.42 Å². The zero-order valence-electron chi connectivity index (χ0n) is 14.5. The molecule has 0 aliphatic carbocycles. The molecule has 3 rings (SSSR count). The lowest BCUT2D eigenvalue weighted by Crippen LogP contribution is -2.51. The number of halogens is 1. The minimum Gasteiger partial charge on any atom is -0.368 e. The number of nitrogens with zero attached hydrogens (tertiary/aromatic N) is 2. The molecule has 6 heteroatoms. The molecule has 0 aromatic heterocycles. The van der Waals surface area contributed by atoms with Crippen LogP contribution in [0.5, 0.6) is 0 Å². The zero-order valence-corrected chi connectivity index (χ0v) is 14.5. The van der Waals surface area contributed by atoms with Gasteiger partial charge in [0.25, 0.3) is 0 Å². The van der Waals surface area contributed by atoms with Gasteiger partial charge in [0.15, 0.2) is 0 Å². The summed E-state index contributed by atoms with van der Waals surface area (Å²) in [6.45, 7) is 2.83. The van der Waals surface area contributed by atoms with Crippen molar-refractivity contribution in [3.05, 3.63) is 66.0 Å². The average molecular weight is 355 g/mol. The van der Waals surface area contributed by atoms with Gasteiger partial charge in [-0.2, -0.15) is 0 Å². The van der Waals surface area contributed by atoms with Crippen molar-refractivity contribution in [2.75, 3.05) is 37.6 Å². The minimum atomic E-state index is -0.334. The lowest BCUT2D eigenvalue weighted by Gasteiger charge is -2.36. The second-order valence-corrected chi connectivity index (χ2v) is 6.28. The lowest BCUT2D eigenvalue weighted by atomic mass is 10.1. The summed E-state index contributed by atoms with van der Waals surface area (Å²) in [7, 11) is 0. The highest BCUT2D eigenvalue weighted by Gasteiger charge is 2.21. The Morgan fingerprint density at radius 1 is 0.923 bits per heavy atom. The predicted octanol–water partition coefficient (Wildman–Crippen LogP) is 1.83. The first-order chi connectivity index (χ1) is 12.6. The Morgan fingerprint density at radius 3 is 2.23 bits per heavy atom. The second-order valence-electron chi connectivity index (χ2n) is 6.28. The number of piperazine rings is 1. The van der Waals surface area contributed by atoms with Crippen molar-refractivity contribution < 1.29 is 14.0 Å². The van der Waals surface area contributed by atoms with Gasteiger partial charge >= 0.3 is 0 Å². The van der Waals surface area contributed by atoms with Crippen LogP contribution in [0, 0.1) is 5.82 Å². The summed E-state index contributed by atoms with van der Waals surface area (Å²) in [6.07, 6.45) is 0.134. The van der Waals surface area contributed by atoms with Crippen LogP contribution in [0.15, 0.2) is 54.6 Å². The maximum atomic E-state index is 12.9. The molecule has 2 aromatic carbocycles. The van der Waals surface area contributed by atoms with Crippen LogP contribution in [-0.2, 0) is 16.0 Å². The molecule has 2 amide bonds. The summed E-state index contributed by atoms with van der Waals surface area (Å²) in [6, 6.07) is 15.9. The maximum Gasteiger partial charge on any atom is 0.242 e. The van der Waals surface area contributed by atoms with E-state index in [0.717, 1.165) is 18.8 Å². The molecule has 1 saturated heterocycles. The Bertz CT molecular complexity index is 741. The second kappa shape index (κ2) is 8.47. The summed E-state index contributed by atoms with van der Waals surface area (Å²) < 4.78 is 12.9. The molecule has 1 aliphatic rings. The van der Waals surface area contributed by atoms with Gasteiger partial charge in [-0.15, -0.1) is 0 Å². The van der Waals surface area contributed by atoms with Gasteiger partial charge in [-0.05, 0) is 29.8 Å². The van der Waals surface area contributed by atoms with Gasteiger partial charge in [0, 0.05) is 31.9 Å². The van der Waals surface area contributed by atoms with Crippen LogP contribution in [-0.4, -0.2) is 49.4 Å². The normalized spacial score (nSPS) is 14.2. The number of hydrogen-bond donors (Lipinski definition) is 1. The third-order valence-corrected chi connectivity index (χ3v) is 4.47. The number of benzene rings is 2. The van der Waals surface area contributed by atoms with E-state index in [1.165, 1.54) is 12.1 Å². The lowest BCUT2D eigenvalue weighted by molar-refractivity contribution is -0.133. The van der Waals surface area contributed by atoms with Gasteiger partial charge in [-0.1, -0.05) is 30.3 Å². The van der Waals surface area contributed by atoms with Crippen LogP contribution in [0.25, 0.3) is 0 Å². The van der Waals surface area contributed by atoms with Gasteiger partial charge in [0.05, 0.1) is 13.0 Å². The third kappa shape index (κ3) is 4.81. The van der Waals surface area contributed by atoms with Crippen LogP contribution in [0.1, 0.15) is 5.56 Å². The number of nitrogens with one attached hydrogen (secondary N) is 1. The standard InChI is InChI=1S/C20H22FN3O2/c21-17-8-6-16(7-9-17)14-19(25)22-15-20(26)24-12-10-23(11-13-24)18-4-2-1-3-5-18/h1-9H,10-15H2,(H,22,25). The molecule has 0 saturated carbocycles. The van der Waals surface area contributed by atoms with E-state index < -0.39 is 0 Å². The summed E-state index contributed by atoms with van der Waals surface area (Å²) in [4.78, 5) is 28.2. The molecule has 1 heterocycles. The van der Waals surface area contributed by atoms with Crippen LogP contribution in [0.4, 0.5) is 10.1 Å². The van der Waals surface area contributed by atoms with Crippen molar-refractivity contribution in [2.24, 2.45) is 0 Å². The van der Waals surface area contributed by atoms with Gasteiger partial charge in [-0.25, -0.2) is 4.39 Å². The van der Waals surface area contributed by atoms with Gasteiger partial charge in [0.1, 0.15) is 5.82 Å². The molecule has 0 radical (unpaired) electrons. The molecule has 0 atom stereocenters. The smallest absolute Gasteiger partial charge is 0.242 e. The van der Waals surface area contributed by atoms with Crippen molar-refractivity contribution in [1.82, 2.24) is 10.2 Å². The van der Waals surface area contributed by atoms with Crippen LogP contribution < -0.4 is 10.2 Å². The number of para-hydroxylation sites is 1. The van der Waals surface area contributed by atoms with E-state index in [1.807, 2.05) is 18.2 Å². The Hall–Kier alpha value is -2.89. The molecular formula is C20H22FN3O2. The molecular weight excluding hydrogens is 333 g/mol. The van der Waals surface area contributed by atoms with Crippen molar-refractivity contribution >= 4 is 17.5 Å². The molecule has 136 valence electrons. The highest BCUT2D eigenvalue weighted by molar-refractivity contribution is 5.85. The van der Waals surface area contributed by atoms with Crippen LogP contribution >= 0.6 is 0 Å². The summed E-state index contributed by atoms with van der Waals surface area (Å²) in [5.74, 6) is -0.656. The van der Waals surface area contributed by atoms with Gasteiger partial charge in [-0.3, -0.25) is 9.59 Å². The summed E-state index contributed by atoms with van der Waals surface area (Å²) >= 11 is 0. The Labute approximate surface area is 152 Å². The summed E-state index contributed by atoms with van der Waals surface area (Å²) in [5.41, 5.74) is 1.88. The maximum absolute atomic E-state index is 12.9. The monoisotopic (exact) mass is 355 g/mol. The first kappa shape index (κ1) is 17.9. The SMILES string of the molecule is O=C(Cc1ccc(F)cc1)NCC(=O)N1CCN(c2ccccc2)CC1. The Balaban J connectivity index is 1.41. The van der Waals surface area contributed by atoms with Crippen LogP contribution in [0.3, 0.4) is 0 Å². The quantitative estimate of drug-likeness (QED) is 0.890. The van der Waals surface area contributed by atoms with E-state index >= 15 is 0 Å². The highest BCUT2D eigenvalue weighted by atomic mass is 19.1. The average Bonchev–Trinajstić information content (AvgIpc) is 2.69. The molecule has 0 spiro atoms. The fourth-order valence-electron chi connectivity index (χ4n) is 2.99. The summed E-state index contributed by atoms with van der Waals surface area (Å²) in [5, 5.41) is 2.65. The van der Waals surface area contributed by atoms with E-state index in [2.05, 4.69) is 22.3 Å². The number of carbonyl (C=O) groups is 2. The number of anilines is 1. The fraction of sp³-hybridized carbons (Fsp3) is 0.300. The Morgan fingerprint density at radius 2 is 1.58 bits per heavy atom. The van der Waals surface area contributed by atoms with E-state index in [-0.39, 0.29) is 30.6 Å². The van der Waals surface area contributed by atoms with Crippen LogP contribution in [0.2, 0.25) is 0 Å². The number of amides is 2. The third-order valence-electron chi connectivity index (χ3n) is 4.47. The molecule has 1 N–H and O–H groups in total. The van der Waals surface area contributed by atoms with Crippen molar-refractivity contribution in [3.63, 3.8) is 0 Å². The van der Waals surface area contributed by atoms with Gasteiger partial charge in [0.2, 0.25) is 11.8 Å². The van der Waals surface area contributed by atoms with E-state index in [0.29, 0.717) is 18.7 Å². The van der Waals surface area contributed by atoms with Gasteiger partial charge < -0.3 is 15.1 Å². The van der Waals surface area contributed by atoms with Crippen molar-refractivity contribution in [1.29, 1.82) is 0 Å². The zero-order chi connectivity index (χ0) is 18.4. The molecule has 5 nitrogen and oxygen atoms in total. The topological polar surface area (TPSA) is 52.7 Å². The molecule has 0 bridgehead atoms. The molecule has 2 aromatic rings. The highest BCUT2D eigenvalue weighted by Crippen LogP contribution is 2.15. The number of hydrogen-bond acceptors (Lipinski definition) is 3. The fourth-order valence-corrected chi connectivity index (χ4v) is 2.99. The first-order valence-electron chi connectivity index (χ1n) is 8.71. The number of carbonyl (C=O) groups excluding carboxylic acids is 2. The molecule has 1 aliphatic heterocycles. The largest absolute Gasteiger partial charge is 0.368 e. The number of rotatable bonds is 5. The molecule has 0 unspecified atom stereocenters. The molecule has 1 fully saturated rings. The van der Waals surface area contributed by atoms with Crippen molar-refractivity contribution in [3.8, 4) is 0 Å². The Kier molecular flexibility index (Phi) is 5.84. The predicted molar refractivity (Wildman–Crippen MR) is 98.3 cm³/mol. The minimum absolute atomic E-state index is 0.00857. The van der Waals surface area contributed by atoms with E-state index in [1.54, 1.807) is 17.0 Å². The van der Waals surface area contributed by atoms with E-state index in [4.69, 9.17) is 0 Å². The van der Waals surface area contributed by atoms with E-state index in [9.17, 15) is 14.0 Å². The molecule has 26 heavy (non-hydrogen) atoms.